The molecule has 0 saturated carbocycles. The van der Waals surface area contributed by atoms with Gasteiger partial charge in [0.05, 0.1) is 5.56 Å². The predicted octanol–water partition coefficient (Wildman–Crippen LogP) is 3.29. The minimum atomic E-state index is 0.0936. The second-order valence-electron chi connectivity index (χ2n) is 3.95. The van der Waals surface area contributed by atoms with E-state index in [2.05, 4.69) is 15.9 Å². The normalized spacial score (nSPS) is 17.5. The first-order valence-corrected chi connectivity index (χ1v) is 6.59. The van der Waals surface area contributed by atoms with E-state index in [1.807, 2.05) is 29.2 Å². The third kappa shape index (κ3) is 2.58. The molecular formula is C12H13BrClNO. The van der Waals surface area contributed by atoms with Crippen molar-refractivity contribution in [1.29, 1.82) is 0 Å². The molecule has 0 aromatic heterocycles. The third-order valence-electron chi connectivity index (χ3n) is 2.82. The zero-order valence-electron chi connectivity index (χ0n) is 8.83. The van der Waals surface area contributed by atoms with E-state index < -0.39 is 0 Å². The zero-order chi connectivity index (χ0) is 11.5. The van der Waals surface area contributed by atoms with Gasteiger partial charge in [0.15, 0.2) is 0 Å². The minimum absolute atomic E-state index is 0.0936. The van der Waals surface area contributed by atoms with Gasteiger partial charge in [0, 0.05) is 22.9 Å². The summed E-state index contributed by atoms with van der Waals surface area (Å²) in [4.78, 5) is 14.1. The van der Waals surface area contributed by atoms with Crippen molar-refractivity contribution in [2.45, 2.75) is 18.2 Å². The number of alkyl halides is 1. The van der Waals surface area contributed by atoms with Gasteiger partial charge in [-0.05, 0) is 40.9 Å². The summed E-state index contributed by atoms with van der Waals surface area (Å²) < 4.78 is 0.855. The summed E-state index contributed by atoms with van der Waals surface area (Å²) in [6.07, 6.45) is 1.77. The lowest BCUT2D eigenvalue weighted by atomic mass is 10.1. The van der Waals surface area contributed by atoms with Crippen LogP contribution >= 0.6 is 27.5 Å². The average Bonchev–Trinajstić information content (AvgIpc) is 2.30. The molecule has 1 aliphatic heterocycles. The molecule has 2 nitrogen and oxygen atoms in total. The number of carbonyl (C=O) groups is 1. The van der Waals surface area contributed by atoms with Gasteiger partial charge in [0.2, 0.25) is 0 Å². The molecule has 86 valence electrons. The summed E-state index contributed by atoms with van der Waals surface area (Å²) in [6.45, 7) is 1.52. The quantitative estimate of drug-likeness (QED) is 0.729. The highest BCUT2D eigenvalue weighted by Crippen LogP contribution is 2.21. The predicted molar refractivity (Wildman–Crippen MR) is 68.9 cm³/mol. The van der Waals surface area contributed by atoms with Crippen LogP contribution in [0, 0.1) is 0 Å². The molecule has 0 unspecified atom stereocenters. The van der Waals surface area contributed by atoms with Gasteiger partial charge in [-0.15, -0.1) is 11.6 Å². The summed E-state index contributed by atoms with van der Waals surface area (Å²) in [5.41, 5.74) is 0.732. The number of benzene rings is 1. The maximum Gasteiger partial charge on any atom is 0.254 e. The largest absolute Gasteiger partial charge is 0.339 e. The molecule has 0 radical (unpaired) electrons. The summed E-state index contributed by atoms with van der Waals surface area (Å²) in [7, 11) is 0. The lowest BCUT2D eigenvalue weighted by molar-refractivity contribution is 0.0725. The second kappa shape index (κ2) is 5.19. The van der Waals surface area contributed by atoms with Crippen molar-refractivity contribution in [2.24, 2.45) is 0 Å². The number of hydrogen-bond acceptors (Lipinski definition) is 1. The first-order chi connectivity index (χ1) is 7.68. The fraction of sp³-hybridized carbons (Fsp3) is 0.417. The van der Waals surface area contributed by atoms with Gasteiger partial charge in [-0.2, -0.15) is 0 Å². The molecule has 0 aliphatic carbocycles. The molecule has 1 amide bonds. The molecule has 0 atom stereocenters. The van der Waals surface area contributed by atoms with Crippen molar-refractivity contribution < 1.29 is 4.79 Å². The molecule has 1 heterocycles. The van der Waals surface area contributed by atoms with E-state index in [1.54, 1.807) is 0 Å². The highest BCUT2D eigenvalue weighted by molar-refractivity contribution is 9.10. The van der Waals surface area contributed by atoms with Crippen LogP contribution in [0.15, 0.2) is 28.7 Å². The Bertz CT molecular complexity index is 388. The van der Waals surface area contributed by atoms with Crippen molar-refractivity contribution in [3.8, 4) is 0 Å². The topological polar surface area (TPSA) is 20.3 Å². The smallest absolute Gasteiger partial charge is 0.254 e. The molecule has 4 heteroatoms. The maximum absolute atomic E-state index is 12.2. The van der Waals surface area contributed by atoms with E-state index in [0.717, 1.165) is 36.0 Å². The monoisotopic (exact) mass is 301 g/mol. The van der Waals surface area contributed by atoms with Gasteiger partial charge in [0.1, 0.15) is 0 Å². The van der Waals surface area contributed by atoms with E-state index in [4.69, 9.17) is 11.6 Å². The van der Waals surface area contributed by atoms with Crippen LogP contribution in [0.2, 0.25) is 0 Å². The molecule has 16 heavy (non-hydrogen) atoms. The van der Waals surface area contributed by atoms with Crippen molar-refractivity contribution in [3.63, 3.8) is 0 Å². The number of carbonyl (C=O) groups excluding carboxylic acids is 1. The molecule has 1 aromatic carbocycles. The molecule has 1 aliphatic rings. The first-order valence-electron chi connectivity index (χ1n) is 5.36. The summed E-state index contributed by atoms with van der Waals surface area (Å²) >= 11 is 9.42. The Hall–Kier alpha value is -0.540. The Morgan fingerprint density at radius 2 is 1.94 bits per heavy atom. The standard InChI is InChI=1S/C12H13BrClNO/c13-11-4-2-1-3-10(11)12(16)15-7-5-9(14)6-8-15/h1-4,9H,5-8H2. The number of likely N-dealkylation sites (tertiary alicyclic amines) is 1. The Morgan fingerprint density at radius 3 is 2.56 bits per heavy atom. The summed E-state index contributed by atoms with van der Waals surface area (Å²) in [5.74, 6) is 0.0936. The molecule has 0 spiro atoms. The van der Waals surface area contributed by atoms with Crippen molar-refractivity contribution >= 4 is 33.4 Å². The fourth-order valence-corrected chi connectivity index (χ4v) is 2.51. The third-order valence-corrected chi connectivity index (χ3v) is 3.94. The Labute approximate surface area is 109 Å². The number of halogens is 2. The number of piperidine rings is 1. The van der Waals surface area contributed by atoms with E-state index >= 15 is 0 Å². The van der Waals surface area contributed by atoms with E-state index in [-0.39, 0.29) is 11.3 Å². The van der Waals surface area contributed by atoms with Crippen LogP contribution in [0.1, 0.15) is 23.2 Å². The molecule has 0 bridgehead atoms. The molecular weight excluding hydrogens is 289 g/mol. The van der Waals surface area contributed by atoms with Crippen LogP contribution in [-0.2, 0) is 0 Å². The Balaban J connectivity index is 2.11. The highest BCUT2D eigenvalue weighted by Gasteiger charge is 2.23. The van der Waals surface area contributed by atoms with E-state index in [1.165, 1.54) is 0 Å². The number of amides is 1. The van der Waals surface area contributed by atoms with Crippen LogP contribution in [-0.4, -0.2) is 29.3 Å². The zero-order valence-corrected chi connectivity index (χ0v) is 11.2. The van der Waals surface area contributed by atoms with Crippen molar-refractivity contribution in [2.75, 3.05) is 13.1 Å². The van der Waals surface area contributed by atoms with Gasteiger partial charge in [-0.1, -0.05) is 12.1 Å². The SMILES string of the molecule is O=C(c1ccccc1Br)N1CCC(Cl)CC1. The van der Waals surface area contributed by atoms with Crippen LogP contribution < -0.4 is 0 Å². The Kier molecular flexibility index (Phi) is 3.87. The van der Waals surface area contributed by atoms with Crippen LogP contribution in [0.25, 0.3) is 0 Å². The van der Waals surface area contributed by atoms with Gasteiger partial charge in [0.25, 0.3) is 5.91 Å². The highest BCUT2D eigenvalue weighted by atomic mass is 79.9. The average molecular weight is 303 g/mol. The summed E-state index contributed by atoms with van der Waals surface area (Å²) in [6, 6.07) is 7.53. The molecule has 1 saturated heterocycles. The number of hydrogen-bond donors (Lipinski definition) is 0. The van der Waals surface area contributed by atoms with Crippen molar-refractivity contribution in [1.82, 2.24) is 4.90 Å². The summed E-state index contributed by atoms with van der Waals surface area (Å²) in [5, 5.41) is 0.225. The van der Waals surface area contributed by atoms with Gasteiger partial charge >= 0.3 is 0 Å². The van der Waals surface area contributed by atoms with E-state index in [9.17, 15) is 4.79 Å². The fourth-order valence-electron chi connectivity index (χ4n) is 1.86. The van der Waals surface area contributed by atoms with Gasteiger partial charge in [-0.3, -0.25) is 4.79 Å². The van der Waals surface area contributed by atoms with Crippen LogP contribution in [0.5, 0.6) is 0 Å². The second-order valence-corrected chi connectivity index (χ2v) is 5.42. The maximum atomic E-state index is 12.2. The lowest BCUT2D eigenvalue weighted by Crippen LogP contribution is -2.38. The molecule has 1 fully saturated rings. The van der Waals surface area contributed by atoms with E-state index in [0.29, 0.717) is 0 Å². The van der Waals surface area contributed by atoms with Crippen LogP contribution in [0.3, 0.4) is 0 Å². The minimum Gasteiger partial charge on any atom is -0.339 e. The molecule has 1 aromatic rings. The number of nitrogens with zero attached hydrogens (tertiary/aromatic N) is 1. The Morgan fingerprint density at radius 1 is 1.31 bits per heavy atom. The lowest BCUT2D eigenvalue weighted by Gasteiger charge is -2.29. The van der Waals surface area contributed by atoms with Gasteiger partial charge in [-0.25, -0.2) is 0 Å². The first kappa shape index (κ1) is 11.9. The van der Waals surface area contributed by atoms with Crippen molar-refractivity contribution in [3.05, 3.63) is 34.3 Å². The number of rotatable bonds is 1. The van der Waals surface area contributed by atoms with Crippen LogP contribution in [0.4, 0.5) is 0 Å². The van der Waals surface area contributed by atoms with Gasteiger partial charge < -0.3 is 4.90 Å². The molecule has 0 N–H and O–H groups in total. The molecule has 2 rings (SSSR count).